The summed E-state index contributed by atoms with van der Waals surface area (Å²) in [4.78, 5) is 16.9. The van der Waals surface area contributed by atoms with Crippen molar-refractivity contribution in [3.63, 3.8) is 0 Å². The van der Waals surface area contributed by atoms with E-state index in [4.69, 9.17) is 9.97 Å². The molecule has 0 atom stereocenters. The lowest BCUT2D eigenvalue weighted by molar-refractivity contribution is 0.270. The van der Waals surface area contributed by atoms with Gasteiger partial charge < -0.3 is 14.7 Å². The normalized spacial score (nSPS) is 14.8. The molecule has 5 nitrogen and oxygen atoms in total. The Balaban J connectivity index is 1.65. The molecule has 1 aliphatic rings. The summed E-state index contributed by atoms with van der Waals surface area (Å²) in [5, 5.41) is 0. The molecule has 4 rings (SSSR count). The molecular weight excluding hydrogens is 358 g/mol. The summed E-state index contributed by atoms with van der Waals surface area (Å²) in [5.41, 5.74) is 2.32. The van der Waals surface area contributed by atoms with Crippen LogP contribution in [0.1, 0.15) is 12.5 Å². The predicted octanol–water partition coefficient (Wildman–Crippen LogP) is 3.92. The van der Waals surface area contributed by atoms with E-state index in [1.54, 1.807) is 0 Å². The van der Waals surface area contributed by atoms with Crippen molar-refractivity contribution in [2.24, 2.45) is 0 Å². The summed E-state index contributed by atoms with van der Waals surface area (Å²) in [6.07, 6.45) is 0. The first-order valence-corrected chi connectivity index (χ1v) is 10.4. The van der Waals surface area contributed by atoms with Gasteiger partial charge in [0.1, 0.15) is 11.6 Å². The van der Waals surface area contributed by atoms with Crippen LogP contribution in [0.3, 0.4) is 0 Å². The van der Waals surface area contributed by atoms with Crippen molar-refractivity contribution < 1.29 is 0 Å². The summed E-state index contributed by atoms with van der Waals surface area (Å²) in [6.45, 7) is 8.31. The fraction of sp³-hybridized carbons (Fsp3) is 0.333. The van der Waals surface area contributed by atoms with Gasteiger partial charge in [-0.3, -0.25) is 0 Å². The summed E-state index contributed by atoms with van der Waals surface area (Å²) in [7, 11) is 2.10. The second-order valence-electron chi connectivity index (χ2n) is 7.54. The first-order chi connectivity index (χ1) is 14.2. The number of nitrogens with zero attached hydrogens (tertiary/aromatic N) is 5. The second kappa shape index (κ2) is 9.05. The molecule has 1 saturated heterocycles. The van der Waals surface area contributed by atoms with Crippen LogP contribution in [-0.2, 0) is 6.54 Å². The summed E-state index contributed by atoms with van der Waals surface area (Å²) >= 11 is 0. The number of rotatable bonds is 6. The summed E-state index contributed by atoms with van der Waals surface area (Å²) in [5.74, 6) is 2.76. The van der Waals surface area contributed by atoms with Gasteiger partial charge in [-0.1, -0.05) is 67.6 Å². The zero-order valence-corrected chi connectivity index (χ0v) is 17.3. The highest BCUT2D eigenvalue weighted by Gasteiger charge is 2.19. The Hall–Kier alpha value is -2.92. The minimum atomic E-state index is 0.788. The Morgan fingerprint density at radius 2 is 1.52 bits per heavy atom. The van der Waals surface area contributed by atoms with Crippen LogP contribution < -0.4 is 9.80 Å². The third-order valence-corrected chi connectivity index (χ3v) is 5.53. The van der Waals surface area contributed by atoms with Crippen molar-refractivity contribution in [1.29, 1.82) is 0 Å². The van der Waals surface area contributed by atoms with E-state index in [2.05, 4.69) is 77.2 Å². The lowest BCUT2D eigenvalue weighted by Crippen LogP contribution is -2.46. The van der Waals surface area contributed by atoms with Crippen LogP contribution in [0, 0.1) is 0 Å². The first kappa shape index (κ1) is 19.4. The highest BCUT2D eigenvalue weighted by Crippen LogP contribution is 2.25. The number of hydrogen-bond donors (Lipinski definition) is 0. The topological polar surface area (TPSA) is 35.5 Å². The average Bonchev–Trinajstić information content (AvgIpc) is 2.80. The Bertz CT molecular complexity index is 905. The van der Waals surface area contributed by atoms with Gasteiger partial charge >= 0.3 is 0 Å². The number of likely N-dealkylation sites (N-methyl/N-ethyl adjacent to an activating group) is 1. The Kier molecular flexibility index (Phi) is 6.06. The summed E-state index contributed by atoms with van der Waals surface area (Å²) in [6, 6.07) is 22.9. The molecular formula is C24H29N5. The maximum Gasteiger partial charge on any atom is 0.163 e. The molecule has 1 fully saturated rings. The van der Waals surface area contributed by atoms with E-state index in [0.717, 1.165) is 62.3 Å². The van der Waals surface area contributed by atoms with Gasteiger partial charge in [-0.2, -0.15) is 0 Å². The van der Waals surface area contributed by atoms with Crippen LogP contribution in [0.2, 0.25) is 0 Å². The largest absolute Gasteiger partial charge is 0.355 e. The molecule has 0 amide bonds. The van der Waals surface area contributed by atoms with Gasteiger partial charge in [0, 0.05) is 51.4 Å². The quantitative estimate of drug-likeness (QED) is 0.641. The van der Waals surface area contributed by atoms with Gasteiger partial charge in [-0.15, -0.1) is 0 Å². The van der Waals surface area contributed by atoms with Crippen LogP contribution >= 0.6 is 0 Å². The van der Waals surface area contributed by atoms with E-state index in [1.165, 1.54) is 5.56 Å². The highest BCUT2D eigenvalue weighted by atomic mass is 15.3. The van der Waals surface area contributed by atoms with Crippen LogP contribution in [-0.4, -0.2) is 54.6 Å². The maximum atomic E-state index is 4.94. The highest BCUT2D eigenvalue weighted by molar-refractivity contribution is 5.62. The van der Waals surface area contributed by atoms with E-state index >= 15 is 0 Å². The number of aromatic nitrogens is 2. The standard InChI is InChI=1S/C24H29N5/c1-3-28-14-16-29(17-15-28)23-18-22(27(2)19-20-10-6-4-7-11-20)25-24(26-23)21-12-8-5-9-13-21/h4-13,18H,3,14-17,19H2,1-2H3. The number of benzene rings is 2. The van der Waals surface area contributed by atoms with Crippen molar-refractivity contribution >= 4 is 11.6 Å². The maximum absolute atomic E-state index is 4.94. The SMILES string of the molecule is CCN1CCN(c2cc(N(C)Cc3ccccc3)nc(-c3ccccc3)n2)CC1. The molecule has 0 unspecified atom stereocenters. The number of piperazine rings is 1. The van der Waals surface area contributed by atoms with E-state index in [1.807, 2.05) is 18.2 Å². The Morgan fingerprint density at radius 3 is 2.17 bits per heavy atom. The van der Waals surface area contributed by atoms with Crippen molar-refractivity contribution in [3.8, 4) is 11.4 Å². The second-order valence-corrected chi connectivity index (χ2v) is 7.54. The van der Waals surface area contributed by atoms with E-state index in [9.17, 15) is 0 Å². The lowest BCUT2D eigenvalue weighted by atomic mass is 10.2. The van der Waals surface area contributed by atoms with Crippen molar-refractivity contribution in [3.05, 3.63) is 72.3 Å². The molecule has 0 aliphatic carbocycles. The van der Waals surface area contributed by atoms with Gasteiger partial charge in [-0.05, 0) is 12.1 Å². The molecule has 0 N–H and O–H groups in total. The summed E-state index contributed by atoms with van der Waals surface area (Å²) < 4.78 is 0. The third kappa shape index (κ3) is 4.74. The molecule has 1 aliphatic heterocycles. The van der Waals surface area contributed by atoms with Gasteiger partial charge in [0.25, 0.3) is 0 Å². The number of anilines is 2. The fourth-order valence-electron chi connectivity index (χ4n) is 3.73. The Labute approximate surface area is 173 Å². The fourth-order valence-corrected chi connectivity index (χ4v) is 3.73. The van der Waals surface area contributed by atoms with E-state index in [-0.39, 0.29) is 0 Å². The molecule has 0 radical (unpaired) electrons. The monoisotopic (exact) mass is 387 g/mol. The van der Waals surface area contributed by atoms with E-state index in [0.29, 0.717) is 0 Å². The van der Waals surface area contributed by atoms with Gasteiger partial charge in [-0.25, -0.2) is 9.97 Å². The van der Waals surface area contributed by atoms with E-state index < -0.39 is 0 Å². The smallest absolute Gasteiger partial charge is 0.163 e. The molecule has 5 heteroatoms. The van der Waals surface area contributed by atoms with Crippen LogP contribution in [0.5, 0.6) is 0 Å². The van der Waals surface area contributed by atoms with Crippen molar-refractivity contribution in [2.75, 3.05) is 49.6 Å². The first-order valence-electron chi connectivity index (χ1n) is 10.4. The van der Waals surface area contributed by atoms with Crippen molar-refractivity contribution in [2.45, 2.75) is 13.5 Å². The Morgan fingerprint density at radius 1 is 0.862 bits per heavy atom. The molecule has 29 heavy (non-hydrogen) atoms. The molecule has 0 saturated carbocycles. The molecule has 150 valence electrons. The molecule has 1 aromatic heterocycles. The minimum absolute atomic E-state index is 0.788. The zero-order valence-electron chi connectivity index (χ0n) is 17.3. The zero-order chi connectivity index (χ0) is 20.1. The van der Waals surface area contributed by atoms with Crippen LogP contribution in [0.4, 0.5) is 11.6 Å². The third-order valence-electron chi connectivity index (χ3n) is 5.53. The molecule has 2 aromatic carbocycles. The van der Waals surface area contributed by atoms with Crippen LogP contribution in [0.25, 0.3) is 11.4 Å². The van der Waals surface area contributed by atoms with Gasteiger partial charge in [0.15, 0.2) is 5.82 Å². The molecule has 3 aromatic rings. The van der Waals surface area contributed by atoms with Gasteiger partial charge in [0.2, 0.25) is 0 Å². The van der Waals surface area contributed by atoms with Crippen molar-refractivity contribution in [1.82, 2.24) is 14.9 Å². The molecule has 0 spiro atoms. The number of hydrogen-bond acceptors (Lipinski definition) is 5. The molecule has 2 heterocycles. The van der Waals surface area contributed by atoms with Gasteiger partial charge in [0.05, 0.1) is 0 Å². The minimum Gasteiger partial charge on any atom is -0.355 e. The lowest BCUT2D eigenvalue weighted by Gasteiger charge is -2.35. The van der Waals surface area contributed by atoms with Crippen LogP contribution in [0.15, 0.2) is 66.7 Å². The molecule has 0 bridgehead atoms. The average molecular weight is 388 g/mol. The predicted molar refractivity (Wildman–Crippen MR) is 120 cm³/mol.